The number of halogens is 3. The fraction of sp³-hybridized carbons (Fsp3) is 0.188. The highest BCUT2D eigenvalue weighted by atomic mass is 19.4. The van der Waals surface area contributed by atoms with Gasteiger partial charge < -0.3 is 9.51 Å². The normalized spacial score (nSPS) is 12.0. The number of nitrogens with zero attached hydrogens (tertiary/aromatic N) is 5. The van der Waals surface area contributed by atoms with Crippen molar-refractivity contribution in [2.75, 3.05) is 0 Å². The molecule has 0 amide bonds. The van der Waals surface area contributed by atoms with E-state index in [2.05, 4.69) is 30.0 Å². The van der Waals surface area contributed by atoms with Crippen molar-refractivity contribution < 1.29 is 17.7 Å². The highest BCUT2D eigenvalue weighted by molar-refractivity contribution is 5.75. The van der Waals surface area contributed by atoms with Crippen LogP contribution >= 0.6 is 0 Å². The van der Waals surface area contributed by atoms with Gasteiger partial charge in [0.05, 0.1) is 5.52 Å². The molecule has 0 unspecified atom stereocenters. The summed E-state index contributed by atoms with van der Waals surface area (Å²) in [4.78, 5) is 18.2. The predicted octanol–water partition coefficient (Wildman–Crippen LogP) is 2.32. The number of aryl methyl sites for hydroxylation is 1. The summed E-state index contributed by atoms with van der Waals surface area (Å²) in [7, 11) is 1.75. The molecule has 3 aromatic heterocycles. The Hall–Kier alpha value is -3.50. The molecule has 4 aromatic rings. The van der Waals surface area contributed by atoms with Crippen LogP contribution in [-0.4, -0.2) is 30.1 Å². The second kappa shape index (κ2) is 6.04. The number of aromatic nitrogens is 6. The molecule has 0 aliphatic heterocycles. The Balaban J connectivity index is 1.76. The lowest BCUT2D eigenvalue weighted by Crippen LogP contribution is -2.14. The van der Waals surface area contributed by atoms with Gasteiger partial charge in [0.15, 0.2) is 0 Å². The summed E-state index contributed by atoms with van der Waals surface area (Å²) in [5.41, 5.74) is 2.12. The summed E-state index contributed by atoms with van der Waals surface area (Å²) in [6.45, 7) is 0. The molecule has 11 heteroatoms. The van der Waals surface area contributed by atoms with Gasteiger partial charge in [0, 0.05) is 30.8 Å². The fourth-order valence-electron chi connectivity index (χ4n) is 2.74. The molecule has 0 aliphatic carbocycles. The van der Waals surface area contributed by atoms with Gasteiger partial charge in [0.25, 0.3) is 5.56 Å². The van der Waals surface area contributed by atoms with E-state index >= 15 is 0 Å². The van der Waals surface area contributed by atoms with Crippen LogP contribution in [0.4, 0.5) is 13.2 Å². The van der Waals surface area contributed by atoms with Gasteiger partial charge in [-0.3, -0.25) is 4.79 Å². The Morgan fingerprint density at radius 2 is 2.07 bits per heavy atom. The molecule has 0 bridgehead atoms. The lowest BCUT2D eigenvalue weighted by molar-refractivity contribution is -0.159. The molecule has 138 valence electrons. The Bertz CT molecular complexity index is 1190. The van der Waals surface area contributed by atoms with Crippen molar-refractivity contribution >= 4 is 11.0 Å². The molecule has 27 heavy (non-hydrogen) atoms. The smallest absolute Gasteiger partial charge is 0.329 e. The molecule has 8 nitrogen and oxygen atoms in total. The lowest BCUT2D eigenvalue weighted by atomic mass is 10.0. The van der Waals surface area contributed by atoms with Crippen molar-refractivity contribution in [3.63, 3.8) is 0 Å². The number of alkyl halides is 3. The van der Waals surface area contributed by atoms with Crippen LogP contribution in [0.25, 0.3) is 22.4 Å². The van der Waals surface area contributed by atoms with E-state index in [1.54, 1.807) is 29.9 Å². The highest BCUT2D eigenvalue weighted by Crippen LogP contribution is 2.30. The van der Waals surface area contributed by atoms with Crippen LogP contribution in [0.1, 0.15) is 17.0 Å². The molecular formula is C16H11F3N6O2. The Labute approximate surface area is 148 Å². The van der Waals surface area contributed by atoms with Gasteiger partial charge >= 0.3 is 12.1 Å². The molecule has 0 fully saturated rings. The molecule has 1 aromatic carbocycles. The average Bonchev–Trinajstić information content (AvgIpc) is 3.24. The van der Waals surface area contributed by atoms with Crippen molar-refractivity contribution in [3.05, 3.63) is 57.8 Å². The molecule has 0 atom stereocenters. The second-order valence-corrected chi connectivity index (χ2v) is 5.83. The lowest BCUT2D eigenvalue weighted by Gasteiger charge is -2.06. The molecule has 3 heterocycles. The summed E-state index contributed by atoms with van der Waals surface area (Å²) in [5, 5.41) is 11.3. The first kappa shape index (κ1) is 16.9. The zero-order chi connectivity index (χ0) is 19.2. The van der Waals surface area contributed by atoms with Gasteiger partial charge in [0.2, 0.25) is 5.82 Å². The van der Waals surface area contributed by atoms with Crippen molar-refractivity contribution in [3.8, 4) is 11.4 Å². The molecule has 1 N–H and O–H groups in total. The highest BCUT2D eigenvalue weighted by Gasteiger charge is 2.38. The third kappa shape index (κ3) is 3.07. The van der Waals surface area contributed by atoms with Crippen LogP contribution in [0, 0.1) is 0 Å². The van der Waals surface area contributed by atoms with Crippen molar-refractivity contribution in [1.82, 2.24) is 30.1 Å². The summed E-state index contributed by atoms with van der Waals surface area (Å²) in [6, 6.07) is 6.79. The Morgan fingerprint density at radius 1 is 1.26 bits per heavy atom. The van der Waals surface area contributed by atoms with Crippen LogP contribution in [-0.2, 0) is 19.6 Å². The summed E-state index contributed by atoms with van der Waals surface area (Å²) < 4.78 is 44.0. The van der Waals surface area contributed by atoms with Gasteiger partial charge in [0.1, 0.15) is 5.52 Å². The number of nitrogens with one attached hydrogen (secondary N) is 1. The summed E-state index contributed by atoms with van der Waals surface area (Å²) in [6.07, 6.45) is -3.30. The van der Waals surface area contributed by atoms with E-state index in [4.69, 9.17) is 0 Å². The number of H-pyrrole nitrogens is 1. The van der Waals surface area contributed by atoms with Gasteiger partial charge in [-0.15, -0.1) is 5.10 Å². The number of fused-ring (bicyclic) bond motifs is 1. The monoisotopic (exact) mass is 376 g/mol. The van der Waals surface area contributed by atoms with Crippen molar-refractivity contribution in [2.45, 2.75) is 12.6 Å². The first-order valence-corrected chi connectivity index (χ1v) is 7.73. The molecule has 0 spiro atoms. The standard InChI is InChI=1S/C16H11F3N6O2/c1-25-12-3-2-8(7-11(12)22-24-25)6-10-9(4-5-20-14(10)26)13-21-15(27-23-13)16(17,18)19/h2-5,7H,6H2,1H3,(H,20,26). The molecule has 4 rings (SSSR count). The number of hydrogen-bond donors (Lipinski definition) is 1. The van der Waals surface area contributed by atoms with E-state index in [-0.39, 0.29) is 23.4 Å². The molecule has 0 radical (unpaired) electrons. The number of benzene rings is 1. The minimum Gasteiger partial charge on any atom is -0.329 e. The Kier molecular flexibility index (Phi) is 3.79. The van der Waals surface area contributed by atoms with Gasteiger partial charge in [-0.05, 0) is 23.8 Å². The number of rotatable bonds is 3. The predicted molar refractivity (Wildman–Crippen MR) is 86.7 cm³/mol. The molecular weight excluding hydrogens is 365 g/mol. The maximum Gasteiger partial charge on any atom is 0.471 e. The van der Waals surface area contributed by atoms with Crippen LogP contribution in [0.3, 0.4) is 0 Å². The van der Waals surface area contributed by atoms with E-state index in [0.717, 1.165) is 11.1 Å². The molecule has 0 saturated carbocycles. The van der Waals surface area contributed by atoms with Gasteiger partial charge in [-0.25, -0.2) is 4.68 Å². The first-order chi connectivity index (χ1) is 12.8. The Morgan fingerprint density at radius 3 is 2.81 bits per heavy atom. The zero-order valence-corrected chi connectivity index (χ0v) is 13.8. The third-order valence-corrected chi connectivity index (χ3v) is 4.03. The minimum atomic E-state index is -4.76. The van der Waals surface area contributed by atoms with E-state index in [1.165, 1.54) is 12.3 Å². The van der Waals surface area contributed by atoms with E-state index in [9.17, 15) is 18.0 Å². The quantitative estimate of drug-likeness (QED) is 0.589. The van der Waals surface area contributed by atoms with Crippen LogP contribution in [0.15, 0.2) is 39.8 Å². The SMILES string of the molecule is Cn1nnc2cc(Cc3c(-c4noc(C(F)(F)F)n4)cc[nH]c3=O)ccc21. The second-order valence-electron chi connectivity index (χ2n) is 5.83. The summed E-state index contributed by atoms with van der Waals surface area (Å²) in [5.74, 6) is -1.77. The summed E-state index contributed by atoms with van der Waals surface area (Å²) >= 11 is 0. The number of aromatic amines is 1. The van der Waals surface area contributed by atoms with Crippen LogP contribution < -0.4 is 5.56 Å². The first-order valence-electron chi connectivity index (χ1n) is 7.73. The van der Waals surface area contributed by atoms with Gasteiger partial charge in [-0.1, -0.05) is 16.4 Å². The van der Waals surface area contributed by atoms with Gasteiger partial charge in [-0.2, -0.15) is 18.2 Å². The minimum absolute atomic E-state index is 0.147. The van der Waals surface area contributed by atoms with Crippen molar-refractivity contribution in [2.24, 2.45) is 7.05 Å². The van der Waals surface area contributed by atoms with E-state index < -0.39 is 17.6 Å². The van der Waals surface area contributed by atoms with Crippen LogP contribution in [0.5, 0.6) is 0 Å². The number of hydrogen-bond acceptors (Lipinski definition) is 6. The maximum absolute atomic E-state index is 12.7. The number of pyridine rings is 1. The fourth-order valence-corrected chi connectivity index (χ4v) is 2.74. The zero-order valence-electron chi connectivity index (χ0n) is 13.8. The van der Waals surface area contributed by atoms with E-state index in [1.807, 2.05) is 0 Å². The molecule has 0 aliphatic rings. The van der Waals surface area contributed by atoms with Crippen molar-refractivity contribution in [1.29, 1.82) is 0 Å². The topological polar surface area (TPSA) is 102 Å². The van der Waals surface area contributed by atoms with Crippen LogP contribution in [0.2, 0.25) is 0 Å². The maximum atomic E-state index is 12.7. The third-order valence-electron chi connectivity index (χ3n) is 4.03. The van der Waals surface area contributed by atoms with E-state index in [0.29, 0.717) is 5.52 Å². The largest absolute Gasteiger partial charge is 0.471 e. The molecule has 0 saturated heterocycles. The average molecular weight is 376 g/mol.